The smallest absolute Gasteiger partial charge is 0.311 e. The van der Waals surface area contributed by atoms with Crippen LogP contribution in [0.25, 0.3) is 0 Å². The average Bonchev–Trinajstić information content (AvgIpc) is 2.47. The van der Waals surface area contributed by atoms with Gasteiger partial charge in [0.25, 0.3) is 5.91 Å². The van der Waals surface area contributed by atoms with Crippen LogP contribution in [0.5, 0.6) is 5.75 Å². The first kappa shape index (κ1) is 16.9. The normalized spacial score (nSPS) is 11.8. The molecular weight excluding hydrogens is 274 g/mol. The molecule has 1 atom stereocenters. The number of benzene rings is 1. The van der Waals surface area contributed by atoms with E-state index in [4.69, 9.17) is 4.74 Å². The van der Waals surface area contributed by atoms with Crippen molar-refractivity contribution in [1.29, 1.82) is 0 Å². The quantitative estimate of drug-likeness (QED) is 0.432. The number of nitro groups is 1. The highest BCUT2D eigenvalue weighted by molar-refractivity contribution is 5.80. The van der Waals surface area contributed by atoms with Gasteiger partial charge in [0.1, 0.15) is 0 Å². The zero-order chi connectivity index (χ0) is 15.8. The SMILES string of the molecule is CCCNCc1ccc(OC(C)C(=O)NC)c([N+](=O)[O-])c1. The summed E-state index contributed by atoms with van der Waals surface area (Å²) >= 11 is 0. The Kier molecular flexibility index (Phi) is 6.61. The second kappa shape index (κ2) is 8.21. The third kappa shape index (κ3) is 5.03. The molecule has 0 spiro atoms. The number of ether oxygens (including phenoxy) is 1. The van der Waals surface area contributed by atoms with Crippen LogP contribution in [0.15, 0.2) is 18.2 Å². The molecule has 2 N–H and O–H groups in total. The van der Waals surface area contributed by atoms with Gasteiger partial charge in [0, 0.05) is 19.7 Å². The largest absolute Gasteiger partial charge is 0.474 e. The number of hydrogen-bond donors (Lipinski definition) is 2. The Morgan fingerprint density at radius 3 is 2.76 bits per heavy atom. The lowest BCUT2D eigenvalue weighted by Crippen LogP contribution is -2.33. The number of rotatable bonds is 8. The Hall–Kier alpha value is -2.15. The van der Waals surface area contributed by atoms with Crippen molar-refractivity contribution < 1.29 is 14.5 Å². The van der Waals surface area contributed by atoms with Crippen LogP contribution in [-0.2, 0) is 11.3 Å². The summed E-state index contributed by atoms with van der Waals surface area (Å²) in [5, 5.41) is 16.7. The van der Waals surface area contributed by atoms with Crippen LogP contribution >= 0.6 is 0 Å². The van der Waals surface area contributed by atoms with Gasteiger partial charge in [-0.1, -0.05) is 13.0 Å². The number of nitro benzene ring substituents is 1. The molecule has 7 heteroatoms. The average molecular weight is 295 g/mol. The molecule has 1 amide bonds. The topological polar surface area (TPSA) is 93.5 Å². The van der Waals surface area contributed by atoms with Crippen molar-refractivity contribution in [3.05, 3.63) is 33.9 Å². The van der Waals surface area contributed by atoms with Crippen molar-refractivity contribution in [2.75, 3.05) is 13.6 Å². The molecule has 1 aromatic rings. The Morgan fingerprint density at radius 2 is 2.19 bits per heavy atom. The van der Waals surface area contributed by atoms with E-state index >= 15 is 0 Å². The third-order valence-corrected chi connectivity index (χ3v) is 2.90. The highest BCUT2D eigenvalue weighted by Crippen LogP contribution is 2.28. The van der Waals surface area contributed by atoms with Gasteiger partial charge in [-0.15, -0.1) is 0 Å². The fraction of sp³-hybridized carbons (Fsp3) is 0.500. The Balaban J connectivity index is 2.89. The number of carbonyl (C=O) groups excluding carboxylic acids is 1. The summed E-state index contributed by atoms with van der Waals surface area (Å²) in [4.78, 5) is 22.0. The minimum absolute atomic E-state index is 0.0929. The molecule has 0 heterocycles. The molecule has 21 heavy (non-hydrogen) atoms. The molecule has 0 aliphatic rings. The van der Waals surface area contributed by atoms with Crippen molar-refractivity contribution >= 4 is 11.6 Å². The molecule has 0 aromatic heterocycles. The number of hydrogen-bond acceptors (Lipinski definition) is 5. The van der Waals surface area contributed by atoms with E-state index in [1.807, 2.05) is 6.92 Å². The van der Waals surface area contributed by atoms with E-state index in [0.29, 0.717) is 6.54 Å². The van der Waals surface area contributed by atoms with Crippen LogP contribution in [0, 0.1) is 10.1 Å². The summed E-state index contributed by atoms with van der Waals surface area (Å²) in [6.45, 7) is 4.99. The van der Waals surface area contributed by atoms with Gasteiger partial charge in [-0.25, -0.2) is 0 Å². The van der Waals surface area contributed by atoms with Gasteiger partial charge >= 0.3 is 5.69 Å². The van der Waals surface area contributed by atoms with Crippen LogP contribution < -0.4 is 15.4 Å². The molecule has 116 valence electrons. The van der Waals surface area contributed by atoms with Gasteiger partial charge in [-0.2, -0.15) is 0 Å². The zero-order valence-electron chi connectivity index (χ0n) is 12.5. The first-order chi connectivity index (χ1) is 9.99. The minimum atomic E-state index is -0.794. The number of carbonyl (C=O) groups is 1. The predicted octanol–water partition coefficient (Wildman–Crippen LogP) is 1.61. The third-order valence-electron chi connectivity index (χ3n) is 2.90. The molecule has 1 unspecified atom stereocenters. The Bertz CT molecular complexity index is 505. The summed E-state index contributed by atoms with van der Waals surface area (Å²) in [5.74, 6) is -0.242. The van der Waals surface area contributed by atoms with Crippen LogP contribution in [0.1, 0.15) is 25.8 Å². The Labute approximate surface area is 123 Å². The van der Waals surface area contributed by atoms with Crippen LogP contribution in [0.2, 0.25) is 0 Å². The monoisotopic (exact) mass is 295 g/mol. The van der Waals surface area contributed by atoms with E-state index in [1.54, 1.807) is 13.0 Å². The lowest BCUT2D eigenvalue weighted by molar-refractivity contribution is -0.386. The molecule has 1 aromatic carbocycles. The van der Waals surface area contributed by atoms with E-state index in [0.717, 1.165) is 18.5 Å². The first-order valence-electron chi connectivity index (χ1n) is 6.85. The van der Waals surface area contributed by atoms with Crippen molar-refractivity contribution in [2.24, 2.45) is 0 Å². The number of nitrogens with one attached hydrogen (secondary N) is 2. The van der Waals surface area contributed by atoms with E-state index in [-0.39, 0.29) is 17.3 Å². The second-order valence-electron chi connectivity index (χ2n) is 4.61. The summed E-state index contributed by atoms with van der Waals surface area (Å²) in [6.07, 6.45) is 0.199. The van der Waals surface area contributed by atoms with Gasteiger partial charge < -0.3 is 15.4 Å². The van der Waals surface area contributed by atoms with Gasteiger partial charge in [-0.3, -0.25) is 14.9 Å². The molecule has 0 bridgehead atoms. The fourth-order valence-electron chi connectivity index (χ4n) is 1.77. The molecule has 1 rings (SSSR count). The van der Waals surface area contributed by atoms with E-state index in [9.17, 15) is 14.9 Å². The van der Waals surface area contributed by atoms with Gasteiger partial charge in [0.2, 0.25) is 0 Å². The summed E-state index contributed by atoms with van der Waals surface area (Å²) < 4.78 is 5.37. The van der Waals surface area contributed by atoms with E-state index < -0.39 is 11.0 Å². The summed E-state index contributed by atoms with van der Waals surface area (Å²) in [6, 6.07) is 4.75. The number of nitrogens with zero attached hydrogens (tertiary/aromatic N) is 1. The molecule has 7 nitrogen and oxygen atoms in total. The lowest BCUT2D eigenvalue weighted by Gasteiger charge is -2.13. The van der Waals surface area contributed by atoms with Crippen molar-refractivity contribution in [1.82, 2.24) is 10.6 Å². The molecule has 0 saturated heterocycles. The maximum absolute atomic E-state index is 11.4. The van der Waals surface area contributed by atoms with Gasteiger partial charge in [0.05, 0.1) is 4.92 Å². The standard InChI is InChI=1S/C14H21N3O4/c1-4-7-16-9-11-5-6-13(12(8-11)17(19)20)21-10(2)14(18)15-3/h5-6,8,10,16H,4,7,9H2,1-3H3,(H,15,18). The second-order valence-corrected chi connectivity index (χ2v) is 4.61. The van der Waals surface area contributed by atoms with Crippen molar-refractivity contribution in [3.63, 3.8) is 0 Å². The van der Waals surface area contributed by atoms with E-state index in [1.165, 1.54) is 19.2 Å². The molecule has 0 aliphatic carbocycles. The Morgan fingerprint density at radius 1 is 1.48 bits per heavy atom. The molecule has 0 saturated carbocycles. The van der Waals surface area contributed by atoms with Crippen molar-refractivity contribution in [2.45, 2.75) is 32.9 Å². The molecule has 0 radical (unpaired) electrons. The van der Waals surface area contributed by atoms with Crippen LogP contribution in [0.3, 0.4) is 0 Å². The fourth-order valence-corrected chi connectivity index (χ4v) is 1.77. The number of likely N-dealkylation sites (N-methyl/N-ethyl adjacent to an activating group) is 1. The van der Waals surface area contributed by atoms with Crippen LogP contribution in [0.4, 0.5) is 5.69 Å². The summed E-state index contributed by atoms with van der Waals surface area (Å²) in [5.41, 5.74) is 0.664. The van der Waals surface area contributed by atoms with Gasteiger partial charge in [-0.05, 0) is 31.5 Å². The first-order valence-corrected chi connectivity index (χ1v) is 6.85. The maximum Gasteiger partial charge on any atom is 0.311 e. The maximum atomic E-state index is 11.4. The molecule has 0 aliphatic heterocycles. The lowest BCUT2D eigenvalue weighted by atomic mass is 10.2. The highest BCUT2D eigenvalue weighted by atomic mass is 16.6. The summed E-state index contributed by atoms with van der Waals surface area (Å²) in [7, 11) is 1.49. The minimum Gasteiger partial charge on any atom is -0.474 e. The predicted molar refractivity (Wildman–Crippen MR) is 79.3 cm³/mol. The van der Waals surface area contributed by atoms with Crippen LogP contribution in [-0.4, -0.2) is 30.5 Å². The molecule has 0 fully saturated rings. The van der Waals surface area contributed by atoms with E-state index in [2.05, 4.69) is 10.6 Å². The zero-order valence-corrected chi connectivity index (χ0v) is 12.5. The van der Waals surface area contributed by atoms with Crippen molar-refractivity contribution in [3.8, 4) is 5.75 Å². The van der Waals surface area contributed by atoms with Gasteiger partial charge in [0.15, 0.2) is 11.9 Å². The molecular formula is C14H21N3O4. The highest BCUT2D eigenvalue weighted by Gasteiger charge is 2.20. The number of amides is 1.